The molecular formula is C28H24Cl4N4O5. The molecule has 1 aliphatic rings. The number of hydrogen-bond donors (Lipinski definition) is 5. The van der Waals surface area contributed by atoms with E-state index in [4.69, 9.17) is 46.4 Å². The zero-order valence-electron chi connectivity index (χ0n) is 21.3. The number of rotatable bonds is 9. The third-order valence-electron chi connectivity index (χ3n) is 6.43. The van der Waals surface area contributed by atoms with E-state index in [1.807, 2.05) is 12.1 Å². The highest BCUT2D eigenvalue weighted by Gasteiger charge is 2.27. The van der Waals surface area contributed by atoms with Crippen LogP contribution in [0, 0.1) is 0 Å². The Morgan fingerprint density at radius 1 is 0.878 bits per heavy atom. The predicted molar refractivity (Wildman–Crippen MR) is 157 cm³/mol. The number of urea groups is 1. The van der Waals surface area contributed by atoms with Gasteiger partial charge >= 0.3 is 12.0 Å². The van der Waals surface area contributed by atoms with Crippen LogP contribution < -0.4 is 21.3 Å². The Morgan fingerprint density at radius 2 is 1.59 bits per heavy atom. The van der Waals surface area contributed by atoms with Crippen LogP contribution >= 0.6 is 46.4 Å². The summed E-state index contributed by atoms with van der Waals surface area (Å²) in [5, 5.41) is 20.8. The average molecular weight is 638 g/mol. The fraction of sp³-hybridized carbons (Fsp3) is 0.214. The first kappa shape index (κ1) is 30.5. The molecule has 41 heavy (non-hydrogen) atoms. The zero-order chi connectivity index (χ0) is 29.7. The van der Waals surface area contributed by atoms with Crippen molar-refractivity contribution < 1.29 is 24.3 Å². The molecule has 3 aromatic rings. The first-order valence-electron chi connectivity index (χ1n) is 12.4. The molecule has 0 fully saturated rings. The van der Waals surface area contributed by atoms with Gasteiger partial charge < -0.3 is 26.4 Å². The Kier molecular flexibility index (Phi) is 9.99. The third-order valence-corrected chi connectivity index (χ3v) is 7.50. The summed E-state index contributed by atoms with van der Waals surface area (Å²) in [4.78, 5) is 49.8. The van der Waals surface area contributed by atoms with Crippen LogP contribution in [0.1, 0.15) is 49.9 Å². The van der Waals surface area contributed by atoms with Gasteiger partial charge in [0.15, 0.2) is 0 Å². The van der Waals surface area contributed by atoms with Crippen molar-refractivity contribution in [3.8, 4) is 0 Å². The number of hydrogen-bond acceptors (Lipinski definition) is 4. The lowest BCUT2D eigenvalue weighted by molar-refractivity contribution is -0.139. The molecular weight excluding hydrogens is 614 g/mol. The van der Waals surface area contributed by atoms with Crippen molar-refractivity contribution in [1.29, 1.82) is 0 Å². The number of aryl methyl sites for hydroxylation is 1. The van der Waals surface area contributed by atoms with Gasteiger partial charge in [0.1, 0.15) is 6.04 Å². The lowest BCUT2D eigenvalue weighted by Crippen LogP contribution is -2.50. The van der Waals surface area contributed by atoms with E-state index in [9.17, 15) is 24.3 Å². The molecule has 3 aromatic carbocycles. The van der Waals surface area contributed by atoms with Crippen molar-refractivity contribution in [2.45, 2.75) is 31.5 Å². The van der Waals surface area contributed by atoms with Crippen molar-refractivity contribution in [2.75, 3.05) is 6.54 Å². The number of benzene rings is 3. The van der Waals surface area contributed by atoms with E-state index in [1.165, 1.54) is 12.1 Å². The standard InChI is InChI=1S/C28H24Cl4N4O5/c29-17-3-1-2-14(8-17)12-33-25(37)16-10-20(31)24(21(32)11-16)26(38)35-23(27(39)40)13-34-28(41)36-22-7-4-15-9-18(30)5-6-19(15)22/h1-3,5-6,8-11,22-23H,4,7,12-13H2,(H,33,37)(H,35,38)(H,39,40)(H2,34,36,41)/t22-,23?/m1/s1. The first-order valence-corrected chi connectivity index (χ1v) is 13.9. The van der Waals surface area contributed by atoms with E-state index < -0.39 is 36.4 Å². The number of fused-ring (bicyclic) bond motifs is 1. The van der Waals surface area contributed by atoms with Crippen LogP contribution in [0.5, 0.6) is 0 Å². The van der Waals surface area contributed by atoms with Crippen molar-refractivity contribution in [1.82, 2.24) is 21.3 Å². The Labute approximate surface area is 255 Å². The molecule has 1 unspecified atom stereocenters. The maximum atomic E-state index is 12.9. The number of carboxylic acid groups (broad SMARTS) is 1. The summed E-state index contributed by atoms with van der Waals surface area (Å²) in [6.45, 7) is -0.217. The smallest absolute Gasteiger partial charge is 0.328 e. The molecule has 0 aromatic heterocycles. The minimum absolute atomic E-state index is 0.0995. The van der Waals surface area contributed by atoms with Gasteiger partial charge in [0, 0.05) is 22.2 Å². The van der Waals surface area contributed by atoms with Gasteiger partial charge in [0.2, 0.25) is 0 Å². The second-order valence-electron chi connectivity index (χ2n) is 9.28. The largest absolute Gasteiger partial charge is 0.480 e. The molecule has 13 heteroatoms. The number of carbonyl (C=O) groups is 4. The molecule has 0 saturated heterocycles. The monoisotopic (exact) mass is 636 g/mol. The van der Waals surface area contributed by atoms with Gasteiger partial charge in [-0.05, 0) is 65.9 Å². The van der Waals surface area contributed by atoms with E-state index in [0.29, 0.717) is 16.5 Å². The average Bonchev–Trinajstić information content (AvgIpc) is 3.30. The van der Waals surface area contributed by atoms with Crippen LogP contribution in [0.4, 0.5) is 4.79 Å². The predicted octanol–water partition coefficient (Wildman–Crippen LogP) is 5.40. The van der Waals surface area contributed by atoms with Crippen LogP contribution in [0.25, 0.3) is 0 Å². The fourth-order valence-electron chi connectivity index (χ4n) is 4.42. The van der Waals surface area contributed by atoms with Crippen molar-refractivity contribution in [3.63, 3.8) is 0 Å². The molecule has 2 atom stereocenters. The lowest BCUT2D eigenvalue weighted by Gasteiger charge is -2.19. The molecule has 1 aliphatic carbocycles. The highest BCUT2D eigenvalue weighted by atomic mass is 35.5. The normalized spacial score (nSPS) is 14.5. The molecule has 0 spiro atoms. The molecule has 0 bridgehead atoms. The molecule has 4 amide bonds. The summed E-state index contributed by atoms with van der Waals surface area (Å²) in [6.07, 6.45) is 1.42. The van der Waals surface area contributed by atoms with Gasteiger partial charge in [-0.15, -0.1) is 0 Å². The summed E-state index contributed by atoms with van der Waals surface area (Å²) in [5.41, 5.74) is 2.65. The fourth-order valence-corrected chi connectivity index (χ4v) is 5.49. The zero-order valence-corrected chi connectivity index (χ0v) is 24.3. The van der Waals surface area contributed by atoms with Crippen LogP contribution in [0.15, 0.2) is 54.6 Å². The molecule has 4 rings (SSSR count). The van der Waals surface area contributed by atoms with Crippen LogP contribution in [-0.4, -0.2) is 41.5 Å². The number of aliphatic carboxylic acids is 1. The highest BCUT2D eigenvalue weighted by molar-refractivity contribution is 6.40. The first-order chi connectivity index (χ1) is 19.5. The van der Waals surface area contributed by atoms with E-state index in [2.05, 4.69) is 21.3 Å². The third kappa shape index (κ3) is 7.83. The number of carbonyl (C=O) groups excluding carboxylic acids is 3. The Bertz CT molecular complexity index is 1490. The van der Waals surface area contributed by atoms with E-state index in [-0.39, 0.29) is 33.8 Å². The van der Waals surface area contributed by atoms with E-state index >= 15 is 0 Å². The Morgan fingerprint density at radius 3 is 2.27 bits per heavy atom. The van der Waals surface area contributed by atoms with Gasteiger partial charge in [-0.1, -0.05) is 64.6 Å². The molecule has 0 aliphatic heterocycles. The SMILES string of the molecule is O=C(NCC(NC(=O)c1c(Cl)cc(C(=O)NCc2cccc(Cl)c2)cc1Cl)C(=O)O)N[C@@H]1CCc2cc(Cl)ccc21. The topological polar surface area (TPSA) is 137 Å². The van der Waals surface area contributed by atoms with Crippen molar-refractivity contribution in [3.05, 3.63) is 103 Å². The van der Waals surface area contributed by atoms with Gasteiger partial charge in [-0.2, -0.15) is 0 Å². The minimum Gasteiger partial charge on any atom is -0.480 e. The molecule has 5 N–H and O–H groups in total. The molecule has 214 valence electrons. The van der Waals surface area contributed by atoms with Crippen molar-refractivity contribution in [2.24, 2.45) is 0 Å². The number of halogens is 4. The van der Waals surface area contributed by atoms with Crippen LogP contribution in [0.3, 0.4) is 0 Å². The second-order valence-corrected chi connectivity index (χ2v) is 11.0. The molecule has 0 radical (unpaired) electrons. The maximum Gasteiger partial charge on any atom is 0.328 e. The second kappa shape index (κ2) is 13.4. The Hall–Kier alpha value is -3.50. The number of carboxylic acids is 1. The molecule has 0 heterocycles. The summed E-state index contributed by atoms with van der Waals surface area (Å²) < 4.78 is 0. The van der Waals surface area contributed by atoms with Gasteiger partial charge in [0.05, 0.1) is 28.2 Å². The summed E-state index contributed by atoms with van der Waals surface area (Å²) in [7, 11) is 0. The Balaban J connectivity index is 1.35. The van der Waals surface area contributed by atoms with Gasteiger partial charge in [-0.25, -0.2) is 9.59 Å². The summed E-state index contributed by atoms with van der Waals surface area (Å²) in [6, 6.07) is 12.6. The minimum atomic E-state index is -1.49. The quantitative estimate of drug-likeness (QED) is 0.214. The van der Waals surface area contributed by atoms with Gasteiger partial charge in [0.25, 0.3) is 11.8 Å². The molecule has 0 saturated carbocycles. The highest BCUT2D eigenvalue weighted by Crippen LogP contribution is 2.32. The maximum absolute atomic E-state index is 12.9. The summed E-state index contributed by atoms with van der Waals surface area (Å²) >= 11 is 24.5. The lowest BCUT2D eigenvalue weighted by atomic mass is 10.1. The number of amides is 4. The van der Waals surface area contributed by atoms with Crippen LogP contribution in [-0.2, 0) is 17.8 Å². The van der Waals surface area contributed by atoms with E-state index in [1.54, 1.807) is 30.3 Å². The van der Waals surface area contributed by atoms with Crippen LogP contribution in [0.2, 0.25) is 20.1 Å². The van der Waals surface area contributed by atoms with Crippen molar-refractivity contribution >= 4 is 70.2 Å². The molecule has 9 nitrogen and oxygen atoms in total. The number of nitrogens with one attached hydrogen (secondary N) is 4. The summed E-state index contributed by atoms with van der Waals surface area (Å²) in [5.74, 6) is -2.77. The van der Waals surface area contributed by atoms with E-state index in [0.717, 1.165) is 23.1 Å². The van der Waals surface area contributed by atoms with Gasteiger partial charge in [-0.3, -0.25) is 9.59 Å².